The smallest absolute Gasteiger partial charge is 0.418 e. The summed E-state index contributed by atoms with van der Waals surface area (Å²) in [6, 6.07) is 13.5. The van der Waals surface area contributed by atoms with Crippen molar-refractivity contribution in [2.45, 2.75) is 31.2 Å². The minimum Gasteiger partial charge on any atom is -0.495 e. The fraction of sp³-hybridized carbons (Fsp3) is 0.276. The molecule has 4 rings (SSSR count). The Balaban J connectivity index is 1.40. The number of ether oxygens (including phenoxy) is 2. The highest BCUT2D eigenvalue weighted by molar-refractivity contribution is 6.01. The summed E-state index contributed by atoms with van der Waals surface area (Å²) in [6.07, 6.45) is -4.59. The van der Waals surface area contributed by atoms with Crippen molar-refractivity contribution in [3.8, 4) is 11.5 Å². The average molecular weight is 590 g/mol. The van der Waals surface area contributed by atoms with Crippen molar-refractivity contribution >= 4 is 29.2 Å². The number of carbonyl (C=O) groups excluding carboxylic acids is 2. The Morgan fingerprint density at radius 1 is 1.00 bits per heavy atom. The topological polar surface area (TPSA) is 117 Å². The van der Waals surface area contributed by atoms with Crippen molar-refractivity contribution in [2.75, 3.05) is 31.0 Å². The Bertz CT molecular complexity index is 1460. The first-order valence-corrected chi connectivity index (χ1v) is 12.8. The van der Waals surface area contributed by atoms with Crippen LogP contribution < -0.4 is 20.1 Å². The van der Waals surface area contributed by atoms with E-state index in [1.54, 1.807) is 0 Å². The molecule has 1 aliphatic rings. The Morgan fingerprint density at radius 3 is 2.36 bits per heavy atom. The summed E-state index contributed by atoms with van der Waals surface area (Å²) in [6.45, 7) is 0.0433. The van der Waals surface area contributed by atoms with Crippen molar-refractivity contribution in [1.82, 2.24) is 4.90 Å². The number of carbonyl (C=O) groups is 3. The van der Waals surface area contributed by atoms with Gasteiger partial charge in [-0.1, -0.05) is 18.2 Å². The number of aromatic carboxylic acids is 1. The molecule has 1 atom stereocenters. The number of carboxylic acids is 1. The number of likely N-dealkylation sites (tertiary alicyclic amines) is 1. The highest BCUT2D eigenvalue weighted by Gasteiger charge is 2.47. The van der Waals surface area contributed by atoms with Crippen LogP contribution in [0.5, 0.6) is 11.5 Å². The van der Waals surface area contributed by atoms with Crippen molar-refractivity contribution in [1.29, 1.82) is 0 Å². The molecule has 13 heteroatoms. The summed E-state index contributed by atoms with van der Waals surface area (Å²) in [7, 11) is 1.30. The number of para-hydroxylation sites is 1. The first-order valence-electron chi connectivity index (χ1n) is 12.8. The van der Waals surface area contributed by atoms with Crippen molar-refractivity contribution < 1.29 is 46.5 Å². The maximum absolute atomic E-state index is 15.9. The van der Waals surface area contributed by atoms with Gasteiger partial charge in [-0.25, -0.2) is 18.9 Å². The zero-order valence-corrected chi connectivity index (χ0v) is 22.3. The number of urea groups is 1. The minimum absolute atomic E-state index is 0.0382. The lowest BCUT2D eigenvalue weighted by Crippen LogP contribution is -2.49. The molecule has 42 heavy (non-hydrogen) atoms. The molecule has 0 spiro atoms. The molecule has 2 amide bonds. The van der Waals surface area contributed by atoms with Crippen LogP contribution in [0.1, 0.15) is 34.3 Å². The third-order valence-electron chi connectivity index (χ3n) is 6.71. The van der Waals surface area contributed by atoms with E-state index in [-0.39, 0.29) is 43.1 Å². The van der Waals surface area contributed by atoms with Crippen molar-refractivity contribution in [3.63, 3.8) is 0 Å². The molecular weight excluding hydrogens is 562 g/mol. The molecule has 0 saturated carbocycles. The molecule has 0 bridgehead atoms. The van der Waals surface area contributed by atoms with Gasteiger partial charge in [0.15, 0.2) is 5.78 Å². The first-order chi connectivity index (χ1) is 19.9. The Hall–Kier alpha value is -4.65. The maximum atomic E-state index is 15.9. The van der Waals surface area contributed by atoms with E-state index in [9.17, 15) is 27.6 Å². The van der Waals surface area contributed by atoms with Gasteiger partial charge in [-0.2, -0.15) is 13.2 Å². The summed E-state index contributed by atoms with van der Waals surface area (Å²) in [4.78, 5) is 37.8. The van der Waals surface area contributed by atoms with Crippen LogP contribution in [0.4, 0.5) is 33.7 Å². The molecule has 3 N–H and O–H groups in total. The predicted octanol–water partition coefficient (Wildman–Crippen LogP) is 5.97. The van der Waals surface area contributed by atoms with Gasteiger partial charge in [0.1, 0.15) is 18.2 Å². The number of nitrogens with zero attached hydrogens (tertiary/aromatic N) is 1. The van der Waals surface area contributed by atoms with E-state index in [1.807, 2.05) is 0 Å². The summed E-state index contributed by atoms with van der Waals surface area (Å²) in [5.74, 6) is -3.67. The number of amides is 2. The third kappa shape index (κ3) is 6.97. The number of nitrogens with one attached hydrogen (secondary N) is 2. The molecule has 1 aliphatic heterocycles. The molecule has 9 nitrogen and oxygen atoms in total. The third-order valence-corrected chi connectivity index (χ3v) is 6.71. The van der Waals surface area contributed by atoms with Crippen LogP contribution in [0.15, 0.2) is 66.7 Å². The molecule has 3 aromatic carbocycles. The number of alkyl halides is 4. The largest absolute Gasteiger partial charge is 0.495 e. The lowest BCUT2D eigenvalue weighted by Gasteiger charge is -2.29. The van der Waals surface area contributed by atoms with E-state index in [0.717, 1.165) is 12.1 Å². The standard InChI is InChI=1S/C29H27F4N3O6/c1-41-24-15-18(7-12-23(24)35-27(40)34-22-6-3-2-5-21(22)29(31,32)33)16-25(37)28(30)13-4-14-36(28)17-42-20-10-8-19(9-11-20)26(38)39/h2-3,5-12,15H,4,13-14,16-17H2,1H3,(H,38,39)(H2,34,35,40). The zero-order chi connectivity index (χ0) is 30.5. The van der Waals surface area contributed by atoms with Gasteiger partial charge in [-0.05, 0) is 60.5 Å². The van der Waals surface area contributed by atoms with E-state index in [2.05, 4.69) is 10.6 Å². The predicted molar refractivity (Wildman–Crippen MR) is 144 cm³/mol. The average Bonchev–Trinajstić information content (AvgIpc) is 3.34. The Kier molecular flexibility index (Phi) is 9.00. The molecule has 1 fully saturated rings. The lowest BCUT2D eigenvalue weighted by molar-refractivity contribution is -0.144. The van der Waals surface area contributed by atoms with Gasteiger partial charge in [-0.15, -0.1) is 0 Å². The number of hydrogen-bond donors (Lipinski definition) is 3. The van der Waals surface area contributed by atoms with Crippen LogP contribution in [0.25, 0.3) is 0 Å². The van der Waals surface area contributed by atoms with Gasteiger partial charge in [0.25, 0.3) is 0 Å². The second-order valence-electron chi connectivity index (χ2n) is 9.49. The zero-order valence-electron chi connectivity index (χ0n) is 22.3. The van der Waals surface area contributed by atoms with Gasteiger partial charge in [0.2, 0.25) is 5.79 Å². The second kappa shape index (κ2) is 12.5. The van der Waals surface area contributed by atoms with Crippen molar-refractivity contribution in [2.24, 2.45) is 0 Å². The van der Waals surface area contributed by atoms with E-state index in [0.29, 0.717) is 17.7 Å². The van der Waals surface area contributed by atoms with E-state index in [1.165, 1.54) is 66.6 Å². The number of benzene rings is 3. The lowest BCUT2D eigenvalue weighted by atomic mass is 9.99. The van der Waals surface area contributed by atoms with Gasteiger partial charge < -0.3 is 25.2 Å². The number of methoxy groups -OCH3 is 1. The molecule has 3 aromatic rings. The maximum Gasteiger partial charge on any atom is 0.418 e. The molecule has 1 heterocycles. The quantitative estimate of drug-likeness (QED) is 0.197. The van der Waals surface area contributed by atoms with Gasteiger partial charge >= 0.3 is 18.2 Å². The number of Topliss-reactive ketones (excluding diaryl/α,β-unsaturated/α-hetero) is 1. The fourth-order valence-electron chi connectivity index (χ4n) is 4.55. The van der Waals surface area contributed by atoms with Crippen LogP contribution in [-0.4, -0.2) is 54.0 Å². The summed E-state index contributed by atoms with van der Waals surface area (Å²) >= 11 is 0. The molecule has 0 aliphatic carbocycles. The van der Waals surface area contributed by atoms with E-state index in [4.69, 9.17) is 14.6 Å². The highest BCUT2D eigenvalue weighted by Crippen LogP contribution is 2.36. The number of carboxylic acid groups (broad SMARTS) is 1. The summed E-state index contributed by atoms with van der Waals surface area (Å²) < 4.78 is 66.5. The summed E-state index contributed by atoms with van der Waals surface area (Å²) in [5, 5.41) is 13.6. The molecule has 1 saturated heterocycles. The van der Waals surface area contributed by atoms with Crippen LogP contribution in [-0.2, 0) is 17.4 Å². The fourth-order valence-corrected chi connectivity index (χ4v) is 4.55. The first kappa shape index (κ1) is 30.3. The second-order valence-corrected chi connectivity index (χ2v) is 9.49. The minimum atomic E-state index is -4.67. The highest BCUT2D eigenvalue weighted by atomic mass is 19.4. The number of rotatable bonds is 10. The van der Waals surface area contributed by atoms with Crippen LogP contribution >= 0.6 is 0 Å². The number of ketones is 1. The Morgan fingerprint density at radius 2 is 1.69 bits per heavy atom. The normalized spacial score (nSPS) is 17.0. The molecular formula is C29H27F4N3O6. The van der Waals surface area contributed by atoms with E-state index >= 15 is 4.39 Å². The summed E-state index contributed by atoms with van der Waals surface area (Å²) in [5.41, 5.74) is -0.861. The van der Waals surface area contributed by atoms with Crippen molar-refractivity contribution in [3.05, 3.63) is 83.4 Å². The van der Waals surface area contributed by atoms with E-state index < -0.39 is 41.0 Å². The Labute approximate surface area is 238 Å². The number of halogens is 4. The number of hydrogen-bond acceptors (Lipinski definition) is 6. The van der Waals surface area contributed by atoms with Crippen LogP contribution in [0, 0.1) is 0 Å². The monoisotopic (exact) mass is 589 g/mol. The molecule has 0 aromatic heterocycles. The van der Waals surface area contributed by atoms with Gasteiger partial charge in [0.05, 0.1) is 29.6 Å². The number of anilines is 2. The van der Waals surface area contributed by atoms with Gasteiger partial charge in [0, 0.05) is 19.4 Å². The SMILES string of the molecule is COc1cc(CC(=O)C2(F)CCCN2COc2ccc(C(=O)O)cc2)ccc1NC(=O)Nc1ccccc1C(F)(F)F. The molecule has 1 unspecified atom stereocenters. The van der Waals surface area contributed by atoms with Crippen LogP contribution in [0.3, 0.4) is 0 Å². The van der Waals surface area contributed by atoms with Crippen LogP contribution in [0.2, 0.25) is 0 Å². The molecule has 222 valence electrons. The molecule has 0 radical (unpaired) electrons. The van der Waals surface area contributed by atoms with Gasteiger partial charge in [-0.3, -0.25) is 4.79 Å².